The monoisotopic (exact) mass is 594 g/mol. The summed E-state index contributed by atoms with van der Waals surface area (Å²) in [5.74, 6) is 1.19. The van der Waals surface area contributed by atoms with E-state index in [1.165, 1.54) is 16.3 Å². The Kier molecular flexibility index (Phi) is 6.84. The van der Waals surface area contributed by atoms with Gasteiger partial charge >= 0.3 is 0 Å². The van der Waals surface area contributed by atoms with Crippen LogP contribution in [0.25, 0.3) is 66.0 Å². The molecular formula is C41H30N4O. The van der Waals surface area contributed by atoms with Crippen molar-refractivity contribution in [1.29, 1.82) is 0 Å². The lowest BCUT2D eigenvalue weighted by atomic mass is 10.0. The first-order chi connectivity index (χ1) is 22.7. The summed E-state index contributed by atoms with van der Waals surface area (Å²) in [5, 5.41) is 4.62. The van der Waals surface area contributed by atoms with Gasteiger partial charge in [0.25, 0.3) is 0 Å². The van der Waals surface area contributed by atoms with E-state index in [0.717, 1.165) is 55.2 Å². The number of hydrogen-bond donors (Lipinski definition) is 0. The Labute approximate surface area is 266 Å². The van der Waals surface area contributed by atoms with Crippen LogP contribution in [-0.4, -0.2) is 23.0 Å². The highest BCUT2D eigenvalue weighted by molar-refractivity contribution is 6.11. The molecule has 0 N–H and O–H groups in total. The van der Waals surface area contributed by atoms with Crippen LogP contribution in [0.15, 0.2) is 159 Å². The minimum atomic E-state index is 0.401. The van der Waals surface area contributed by atoms with Gasteiger partial charge in [-0.2, -0.15) is 0 Å². The molecule has 5 nitrogen and oxygen atoms in total. The van der Waals surface area contributed by atoms with Gasteiger partial charge in [-0.1, -0.05) is 103 Å². The fourth-order valence-electron chi connectivity index (χ4n) is 6.25. The van der Waals surface area contributed by atoms with Crippen LogP contribution in [0.2, 0.25) is 0 Å². The Bertz CT molecular complexity index is 2460. The minimum Gasteiger partial charge on any atom is -0.456 e. The zero-order chi connectivity index (χ0) is 31.0. The van der Waals surface area contributed by atoms with Gasteiger partial charge in [0.2, 0.25) is 0 Å². The van der Waals surface area contributed by atoms with Gasteiger partial charge in [-0.3, -0.25) is 0 Å². The van der Waals surface area contributed by atoms with Gasteiger partial charge in [-0.25, -0.2) is 15.0 Å². The SMILES string of the molecule is C=N/C(C)=N\C(=N/Cn1c2ccccc2c2cc(-c3ccc4c(c3)oc3ccccc34)ccc21)c1ccc(-c2ccccc2)cc1. The average molecular weight is 595 g/mol. The van der Waals surface area contributed by atoms with Crippen molar-refractivity contribution in [2.45, 2.75) is 13.6 Å². The summed E-state index contributed by atoms with van der Waals surface area (Å²) in [7, 11) is 0. The fraction of sp³-hybridized carbons (Fsp3) is 0.0488. The molecule has 0 atom stereocenters. The van der Waals surface area contributed by atoms with Crippen LogP contribution >= 0.6 is 0 Å². The number of nitrogens with zero attached hydrogens (tertiary/aromatic N) is 4. The Hall–Kier alpha value is -6.07. The van der Waals surface area contributed by atoms with Gasteiger partial charge < -0.3 is 8.98 Å². The Balaban J connectivity index is 1.19. The first-order valence-corrected chi connectivity index (χ1v) is 15.3. The second-order valence-corrected chi connectivity index (χ2v) is 11.4. The third kappa shape index (κ3) is 4.88. The van der Waals surface area contributed by atoms with Crippen molar-refractivity contribution in [3.05, 3.63) is 145 Å². The first-order valence-electron chi connectivity index (χ1n) is 15.3. The summed E-state index contributed by atoms with van der Waals surface area (Å²) in [6.45, 7) is 5.91. The van der Waals surface area contributed by atoms with Crippen molar-refractivity contribution in [3.8, 4) is 22.3 Å². The standard InChI is InChI=1S/C41H30N4O/c1-27(42-2)44-41(30-18-16-29(17-19-30)28-10-4-3-5-11-28)43-26-45-37-14-8-6-12-33(37)36-24-31(21-23-38(36)45)32-20-22-35-34-13-7-9-15-39(34)46-40(35)25-32/h3-25H,2,26H2,1H3/b43-41-,44-27-. The van der Waals surface area contributed by atoms with Crippen molar-refractivity contribution in [2.75, 3.05) is 0 Å². The van der Waals surface area contributed by atoms with E-state index in [2.05, 4.69) is 119 Å². The summed E-state index contributed by atoms with van der Waals surface area (Å²) in [5.41, 5.74) is 9.52. The zero-order valence-electron chi connectivity index (χ0n) is 25.4. The van der Waals surface area contributed by atoms with Gasteiger partial charge in [0.05, 0.1) is 11.0 Å². The zero-order valence-corrected chi connectivity index (χ0v) is 25.4. The molecular weight excluding hydrogens is 564 g/mol. The van der Waals surface area contributed by atoms with Crippen LogP contribution in [0.1, 0.15) is 12.5 Å². The molecule has 0 fully saturated rings. The molecule has 2 aromatic heterocycles. The number of hydrogen-bond acceptors (Lipinski definition) is 2. The molecule has 0 aliphatic rings. The molecule has 0 saturated carbocycles. The van der Waals surface area contributed by atoms with Crippen molar-refractivity contribution >= 4 is 62.1 Å². The Morgan fingerprint density at radius 2 is 1.22 bits per heavy atom. The quantitative estimate of drug-likeness (QED) is 0.144. The molecule has 2 heterocycles. The van der Waals surface area contributed by atoms with E-state index in [-0.39, 0.29) is 0 Å². The third-order valence-electron chi connectivity index (χ3n) is 8.59. The van der Waals surface area contributed by atoms with E-state index in [0.29, 0.717) is 18.3 Å². The van der Waals surface area contributed by atoms with E-state index < -0.39 is 0 Å². The molecule has 0 amide bonds. The maximum absolute atomic E-state index is 6.19. The number of rotatable bonds is 5. The molecule has 5 heteroatoms. The summed E-state index contributed by atoms with van der Waals surface area (Å²) in [4.78, 5) is 13.8. The van der Waals surface area contributed by atoms with Gasteiger partial charge in [-0.15, -0.1) is 0 Å². The largest absolute Gasteiger partial charge is 0.456 e. The number of benzene rings is 6. The molecule has 0 spiro atoms. The molecule has 0 aliphatic heterocycles. The number of aromatic nitrogens is 1. The molecule has 0 unspecified atom stereocenters. The predicted molar refractivity (Wildman–Crippen MR) is 193 cm³/mol. The van der Waals surface area contributed by atoms with Gasteiger partial charge in [0.15, 0.2) is 5.84 Å². The van der Waals surface area contributed by atoms with Crippen LogP contribution in [0.4, 0.5) is 0 Å². The second-order valence-electron chi connectivity index (χ2n) is 11.4. The Morgan fingerprint density at radius 1 is 0.587 bits per heavy atom. The normalized spacial score (nSPS) is 12.5. The summed E-state index contributed by atoms with van der Waals surface area (Å²) in [6.07, 6.45) is 0. The van der Waals surface area contributed by atoms with Crippen LogP contribution in [0.3, 0.4) is 0 Å². The van der Waals surface area contributed by atoms with Crippen molar-refractivity contribution < 1.29 is 4.42 Å². The van der Waals surface area contributed by atoms with E-state index in [4.69, 9.17) is 14.4 Å². The van der Waals surface area contributed by atoms with E-state index in [1.807, 2.05) is 43.3 Å². The van der Waals surface area contributed by atoms with Gasteiger partial charge in [0.1, 0.15) is 23.7 Å². The second kappa shape index (κ2) is 11.5. The lowest BCUT2D eigenvalue weighted by molar-refractivity contribution is 0.669. The summed E-state index contributed by atoms with van der Waals surface area (Å²) in [6, 6.07) is 48.5. The highest BCUT2D eigenvalue weighted by Crippen LogP contribution is 2.36. The molecule has 6 aromatic carbocycles. The smallest absolute Gasteiger partial charge is 0.158 e. The van der Waals surface area contributed by atoms with Crippen molar-refractivity contribution in [3.63, 3.8) is 0 Å². The van der Waals surface area contributed by atoms with Crippen LogP contribution in [0.5, 0.6) is 0 Å². The number of amidine groups is 2. The van der Waals surface area contributed by atoms with E-state index >= 15 is 0 Å². The lowest BCUT2D eigenvalue weighted by Crippen LogP contribution is -2.04. The number of fused-ring (bicyclic) bond motifs is 6. The molecule has 8 aromatic rings. The summed E-state index contributed by atoms with van der Waals surface area (Å²) >= 11 is 0. The number of para-hydroxylation sites is 2. The highest BCUT2D eigenvalue weighted by atomic mass is 16.3. The van der Waals surface area contributed by atoms with Gasteiger partial charge in [-0.05, 0) is 72.3 Å². The average Bonchev–Trinajstić information content (AvgIpc) is 3.65. The lowest BCUT2D eigenvalue weighted by Gasteiger charge is -2.08. The molecule has 46 heavy (non-hydrogen) atoms. The van der Waals surface area contributed by atoms with E-state index in [1.54, 1.807) is 0 Å². The highest BCUT2D eigenvalue weighted by Gasteiger charge is 2.14. The number of aliphatic imine (C=N–C) groups is 3. The molecule has 0 saturated heterocycles. The topological polar surface area (TPSA) is 55.1 Å². The maximum Gasteiger partial charge on any atom is 0.158 e. The van der Waals surface area contributed by atoms with E-state index in [9.17, 15) is 0 Å². The van der Waals surface area contributed by atoms with Crippen molar-refractivity contribution in [2.24, 2.45) is 15.0 Å². The van der Waals surface area contributed by atoms with Gasteiger partial charge in [0, 0.05) is 27.1 Å². The minimum absolute atomic E-state index is 0.401. The molecule has 220 valence electrons. The van der Waals surface area contributed by atoms with Crippen LogP contribution in [-0.2, 0) is 6.67 Å². The first kappa shape index (κ1) is 27.5. The van der Waals surface area contributed by atoms with Crippen LogP contribution in [0, 0.1) is 0 Å². The van der Waals surface area contributed by atoms with Crippen molar-refractivity contribution in [1.82, 2.24) is 4.57 Å². The van der Waals surface area contributed by atoms with Crippen LogP contribution < -0.4 is 0 Å². The Morgan fingerprint density at radius 3 is 2.04 bits per heavy atom. The summed E-state index contributed by atoms with van der Waals surface area (Å²) < 4.78 is 8.44. The molecule has 0 radical (unpaired) electrons. The third-order valence-corrected chi connectivity index (χ3v) is 8.59. The maximum atomic E-state index is 6.19. The molecule has 0 bridgehead atoms. The predicted octanol–water partition coefficient (Wildman–Crippen LogP) is 10.6. The molecule has 8 rings (SSSR count). The fourth-order valence-corrected chi connectivity index (χ4v) is 6.25. The molecule has 0 aliphatic carbocycles. The number of furan rings is 1.